The maximum Gasteiger partial charge on any atom is 0.325 e. The van der Waals surface area contributed by atoms with E-state index in [1.54, 1.807) is 4.90 Å². The summed E-state index contributed by atoms with van der Waals surface area (Å²) in [6.45, 7) is 3.07. The Hall–Kier alpha value is -1.26. The van der Waals surface area contributed by atoms with Crippen molar-refractivity contribution in [1.29, 1.82) is 0 Å². The van der Waals surface area contributed by atoms with Gasteiger partial charge in [-0.2, -0.15) is 0 Å². The van der Waals surface area contributed by atoms with Crippen molar-refractivity contribution in [2.24, 2.45) is 11.8 Å². The molecule has 2 N–H and O–H groups in total. The minimum atomic E-state index is -0.990. The molecule has 5 nitrogen and oxygen atoms in total. The van der Waals surface area contributed by atoms with Crippen LogP contribution >= 0.6 is 0 Å². The zero-order valence-electron chi connectivity index (χ0n) is 10.2. The molecule has 0 unspecified atom stereocenters. The summed E-state index contributed by atoms with van der Waals surface area (Å²) in [5.41, 5.74) is 0. The van der Waals surface area contributed by atoms with Crippen LogP contribution in [0.4, 0.5) is 4.79 Å². The second kappa shape index (κ2) is 4.94. The van der Waals surface area contributed by atoms with Crippen LogP contribution in [0.1, 0.15) is 32.6 Å². The van der Waals surface area contributed by atoms with E-state index in [1.807, 2.05) is 0 Å². The number of carboxylic acids is 1. The molecule has 2 amide bonds. The monoisotopic (exact) mass is 240 g/mol. The van der Waals surface area contributed by atoms with Crippen molar-refractivity contribution >= 4 is 12.0 Å². The lowest BCUT2D eigenvalue weighted by atomic mass is 10.3. The van der Waals surface area contributed by atoms with Gasteiger partial charge in [-0.05, 0) is 44.4 Å². The lowest BCUT2D eigenvalue weighted by molar-refractivity contribution is -0.138. The molecule has 2 aliphatic rings. The molecule has 0 aliphatic heterocycles. The van der Waals surface area contributed by atoms with Gasteiger partial charge in [0.25, 0.3) is 0 Å². The molecule has 1 atom stereocenters. The van der Waals surface area contributed by atoms with Crippen LogP contribution in [0.15, 0.2) is 0 Å². The lowest BCUT2D eigenvalue weighted by Gasteiger charge is -2.24. The first-order chi connectivity index (χ1) is 8.06. The lowest BCUT2D eigenvalue weighted by Crippen LogP contribution is -2.48. The van der Waals surface area contributed by atoms with Crippen molar-refractivity contribution in [2.75, 3.05) is 13.1 Å². The molecule has 0 radical (unpaired) electrons. The fourth-order valence-corrected chi connectivity index (χ4v) is 1.80. The third kappa shape index (κ3) is 3.91. The van der Waals surface area contributed by atoms with Crippen LogP contribution in [0.2, 0.25) is 0 Å². The minimum absolute atomic E-state index is 0.223. The molecule has 0 bridgehead atoms. The number of carbonyl (C=O) groups is 2. The van der Waals surface area contributed by atoms with E-state index in [2.05, 4.69) is 5.32 Å². The Morgan fingerprint density at radius 3 is 2.06 bits per heavy atom. The fourth-order valence-electron chi connectivity index (χ4n) is 1.80. The van der Waals surface area contributed by atoms with Gasteiger partial charge in [0, 0.05) is 13.1 Å². The summed E-state index contributed by atoms with van der Waals surface area (Å²) < 4.78 is 0. The molecule has 17 heavy (non-hydrogen) atoms. The number of nitrogens with zero attached hydrogens (tertiary/aromatic N) is 1. The van der Waals surface area contributed by atoms with Crippen LogP contribution in [0.5, 0.6) is 0 Å². The first kappa shape index (κ1) is 12.2. The molecule has 0 saturated heterocycles. The molecule has 2 aliphatic carbocycles. The predicted octanol–water partition coefficient (Wildman–Crippen LogP) is 1.29. The van der Waals surface area contributed by atoms with E-state index in [0.29, 0.717) is 11.8 Å². The zero-order chi connectivity index (χ0) is 12.4. The summed E-state index contributed by atoms with van der Waals surface area (Å²) in [6.07, 6.45) is 4.79. The molecule has 5 heteroatoms. The maximum absolute atomic E-state index is 11.9. The largest absolute Gasteiger partial charge is 0.480 e. The second-order valence-corrected chi connectivity index (χ2v) is 5.30. The van der Waals surface area contributed by atoms with Crippen LogP contribution in [0.3, 0.4) is 0 Å². The Kier molecular flexibility index (Phi) is 3.54. The summed E-state index contributed by atoms with van der Waals surface area (Å²) in [5.74, 6) is 0.287. The van der Waals surface area contributed by atoms with E-state index in [4.69, 9.17) is 5.11 Å². The van der Waals surface area contributed by atoms with Gasteiger partial charge in [-0.15, -0.1) is 0 Å². The van der Waals surface area contributed by atoms with Crippen molar-refractivity contribution in [3.8, 4) is 0 Å². The molecule has 0 aromatic rings. The smallest absolute Gasteiger partial charge is 0.325 e. The van der Waals surface area contributed by atoms with Gasteiger partial charge in [-0.1, -0.05) is 0 Å². The number of urea groups is 1. The average molecular weight is 240 g/mol. The SMILES string of the molecule is C[C@H](NC(=O)N(CC1CC1)CC1CC1)C(=O)O. The Balaban J connectivity index is 1.83. The van der Waals surface area contributed by atoms with Crippen molar-refractivity contribution in [3.63, 3.8) is 0 Å². The number of hydrogen-bond acceptors (Lipinski definition) is 2. The van der Waals surface area contributed by atoms with Crippen molar-refractivity contribution in [2.45, 2.75) is 38.6 Å². The summed E-state index contributed by atoms with van der Waals surface area (Å²) in [5, 5.41) is 11.3. The molecular formula is C12H20N2O3. The highest BCUT2D eigenvalue weighted by Gasteiger charge is 2.32. The van der Waals surface area contributed by atoms with Crippen LogP contribution in [-0.4, -0.2) is 41.1 Å². The van der Waals surface area contributed by atoms with Gasteiger partial charge < -0.3 is 15.3 Å². The molecule has 0 aromatic carbocycles. The van der Waals surface area contributed by atoms with Gasteiger partial charge in [0.05, 0.1) is 0 Å². The van der Waals surface area contributed by atoms with Crippen LogP contribution in [0.25, 0.3) is 0 Å². The van der Waals surface area contributed by atoms with Crippen LogP contribution in [-0.2, 0) is 4.79 Å². The van der Waals surface area contributed by atoms with Gasteiger partial charge in [-0.3, -0.25) is 4.79 Å². The highest BCUT2D eigenvalue weighted by Crippen LogP contribution is 2.33. The molecule has 2 fully saturated rings. The molecule has 0 heterocycles. The Morgan fingerprint density at radius 2 is 1.71 bits per heavy atom. The van der Waals surface area contributed by atoms with Crippen molar-refractivity contribution in [1.82, 2.24) is 10.2 Å². The fraction of sp³-hybridized carbons (Fsp3) is 0.833. The molecule has 2 rings (SSSR count). The first-order valence-corrected chi connectivity index (χ1v) is 6.34. The van der Waals surface area contributed by atoms with Gasteiger partial charge >= 0.3 is 12.0 Å². The van der Waals surface area contributed by atoms with Crippen LogP contribution in [0, 0.1) is 11.8 Å². The van der Waals surface area contributed by atoms with E-state index in [1.165, 1.54) is 32.6 Å². The highest BCUT2D eigenvalue weighted by atomic mass is 16.4. The first-order valence-electron chi connectivity index (χ1n) is 6.34. The number of amides is 2. The van der Waals surface area contributed by atoms with E-state index >= 15 is 0 Å². The third-order valence-corrected chi connectivity index (χ3v) is 3.35. The Labute approximate surface area is 101 Å². The molecule has 0 aromatic heterocycles. The molecule has 0 spiro atoms. The number of carboxylic acid groups (broad SMARTS) is 1. The highest BCUT2D eigenvalue weighted by molar-refractivity contribution is 5.82. The second-order valence-electron chi connectivity index (χ2n) is 5.30. The van der Waals surface area contributed by atoms with E-state index in [0.717, 1.165) is 13.1 Å². The normalized spacial score (nSPS) is 20.8. The summed E-state index contributed by atoms with van der Waals surface area (Å²) in [4.78, 5) is 24.4. The van der Waals surface area contributed by atoms with Crippen molar-refractivity contribution < 1.29 is 14.7 Å². The summed E-state index contributed by atoms with van der Waals surface area (Å²) in [6, 6.07) is -1.04. The summed E-state index contributed by atoms with van der Waals surface area (Å²) in [7, 11) is 0. The third-order valence-electron chi connectivity index (χ3n) is 3.35. The average Bonchev–Trinajstić information content (AvgIpc) is 3.10. The van der Waals surface area contributed by atoms with Crippen molar-refractivity contribution in [3.05, 3.63) is 0 Å². The number of nitrogens with one attached hydrogen (secondary N) is 1. The van der Waals surface area contributed by atoms with E-state index in [-0.39, 0.29) is 6.03 Å². The minimum Gasteiger partial charge on any atom is -0.480 e. The molecular weight excluding hydrogens is 220 g/mol. The van der Waals surface area contributed by atoms with Gasteiger partial charge in [0.15, 0.2) is 0 Å². The Bertz CT molecular complexity index is 297. The topological polar surface area (TPSA) is 69.6 Å². The standard InChI is InChI=1S/C12H20N2O3/c1-8(11(15)16)13-12(17)14(6-9-2-3-9)7-10-4-5-10/h8-10H,2-7H2,1H3,(H,13,17)(H,15,16)/t8-/m0/s1. The molecule has 2 saturated carbocycles. The predicted molar refractivity (Wildman–Crippen MR) is 62.7 cm³/mol. The quantitative estimate of drug-likeness (QED) is 0.735. The van der Waals surface area contributed by atoms with Gasteiger partial charge in [0.2, 0.25) is 0 Å². The number of rotatable bonds is 6. The molecule has 96 valence electrons. The van der Waals surface area contributed by atoms with E-state index in [9.17, 15) is 9.59 Å². The number of aliphatic carboxylic acids is 1. The van der Waals surface area contributed by atoms with Gasteiger partial charge in [-0.25, -0.2) is 4.79 Å². The van der Waals surface area contributed by atoms with E-state index < -0.39 is 12.0 Å². The maximum atomic E-state index is 11.9. The summed E-state index contributed by atoms with van der Waals surface area (Å²) >= 11 is 0. The Morgan fingerprint density at radius 1 is 1.24 bits per heavy atom. The number of hydrogen-bond donors (Lipinski definition) is 2. The number of carbonyl (C=O) groups excluding carboxylic acids is 1. The zero-order valence-corrected chi connectivity index (χ0v) is 10.2. The van der Waals surface area contributed by atoms with Gasteiger partial charge in [0.1, 0.15) is 6.04 Å². The van der Waals surface area contributed by atoms with Crippen LogP contribution < -0.4 is 5.32 Å².